The Bertz CT molecular complexity index is 1110. The number of methoxy groups -OCH3 is 1. The largest absolute Gasteiger partial charge is 0.465 e. The van der Waals surface area contributed by atoms with Gasteiger partial charge in [-0.2, -0.15) is 4.98 Å². The van der Waals surface area contributed by atoms with Crippen LogP contribution < -0.4 is 5.32 Å². The first-order valence-electron chi connectivity index (χ1n) is 8.91. The second-order valence-corrected chi connectivity index (χ2v) is 6.21. The van der Waals surface area contributed by atoms with Crippen molar-refractivity contribution in [2.45, 2.75) is 6.42 Å². The van der Waals surface area contributed by atoms with Crippen LogP contribution in [0.15, 0.2) is 67.1 Å². The third kappa shape index (κ3) is 3.68. The molecule has 4 rings (SSSR count). The van der Waals surface area contributed by atoms with Crippen LogP contribution in [-0.4, -0.2) is 39.1 Å². The maximum absolute atomic E-state index is 11.7. The topological polar surface area (TPSA) is 81.9 Å². The van der Waals surface area contributed by atoms with Gasteiger partial charge in [-0.25, -0.2) is 14.8 Å². The van der Waals surface area contributed by atoms with Crippen molar-refractivity contribution in [3.05, 3.63) is 78.2 Å². The van der Waals surface area contributed by atoms with Crippen LogP contribution in [-0.2, 0) is 11.2 Å². The maximum Gasteiger partial charge on any atom is 0.337 e. The number of hydrogen-bond acceptors (Lipinski definition) is 6. The number of ether oxygens (including phenoxy) is 1. The zero-order valence-electron chi connectivity index (χ0n) is 15.4. The van der Waals surface area contributed by atoms with E-state index in [0.717, 1.165) is 18.5 Å². The standard InChI is InChI=1S/C21H19N5O2/c1-28-20(27)16-7-8-18-17(13-16)24-14-26(18)19-10-12-23-21(25-19)22-11-9-15-5-3-2-4-6-15/h2-8,10,12-14H,9,11H2,1H3,(H,22,23,25). The smallest absolute Gasteiger partial charge is 0.337 e. The molecule has 0 aliphatic rings. The maximum atomic E-state index is 11.7. The molecule has 2 aromatic carbocycles. The Morgan fingerprint density at radius 1 is 1.11 bits per heavy atom. The van der Waals surface area contributed by atoms with Gasteiger partial charge >= 0.3 is 5.97 Å². The van der Waals surface area contributed by atoms with E-state index in [-0.39, 0.29) is 5.97 Å². The lowest BCUT2D eigenvalue weighted by Crippen LogP contribution is -2.09. The summed E-state index contributed by atoms with van der Waals surface area (Å²) in [6.45, 7) is 0.737. The predicted molar refractivity (Wildman–Crippen MR) is 107 cm³/mol. The van der Waals surface area contributed by atoms with Gasteiger partial charge in [0, 0.05) is 12.7 Å². The van der Waals surface area contributed by atoms with Crippen molar-refractivity contribution >= 4 is 23.0 Å². The summed E-state index contributed by atoms with van der Waals surface area (Å²) in [7, 11) is 1.36. The Kier molecular flexibility index (Phi) is 4.97. The lowest BCUT2D eigenvalue weighted by Gasteiger charge is -2.08. The van der Waals surface area contributed by atoms with E-state index in [0.29, 0.717) is 22.8 Å². The first kappa shape index (κ1) is 17.7. The number of fused-ring (bicyclic) bond motifs is 1. The summed E-state index contributed by atoms with van der Waals surface area (Å²) in [6.07, 6.45) is 4.28. The monoisotopic (exact) mass is 373 g/mol. The van der Waals surface area contributed by atoms with Crippen molar-refractivity contribution in [3.8, 4) is 5.82 Å². The summed E-state index contributed by atoms with van der Waals surface area (Å²) in [5, 5.41) is 3.26. The quantitative estimate of drug-likeness (QED) is 0.523. The molecule has 0 saturated carbocycles. The zero-order valence-corrected chi connectivity index (χ0v) is 15.4. The van der Waals surface area contributed by atoms with E-state index in [9.17, 15) is 4.79 Å². The lowest BCUT2D eigenvalue weighted by atomic mass is 10.1. The molecule has 28 heavy (non-hydrogen) atoms. The summed E-state index contributed by atoms with van der Waals surface area (Å²) in [5.74, 6) is 0.871. The normalized spacial score (nSPS) is 10.8. The highest BCUT2D eigenvalue weighted by Gasteiger charge is 2.11. The molecule has 7 heteroatoms. The number of nitrogens with one attached hydrogen (secondary N) is 1. The summed E-state index contributed by atoms with van der Waals surface area (Å²) in [5.41, 5.74) is 3.26. The molecule has 4 aromatic rings. The third-order valence-corrected chi connectivity index (χ3v) is 4.40. The molecule has 0 unspecified atom stereocenters. The van der Waals surface area contributed by atoms with Gasteiger partial charge < -0.3 is 10.1 Å². The Hall–Kier alpha value is -3.74. The molecule has 0 radical (unpaired) electrons. The minimum Gasteiger partial charge on any atom is -0.465 e. The molecule has 0 atom stereocenters. The highest BCUT2D eigenvalue weighted by atomic mass is 16.5. The van der Waals surface area contributed by atoms with Crippen molar-refractivity contribution in [2.75, 3.05) is 19.0 Å². The van der Waals surface area contributed by atoms with Crippen molar-refractivity contribution in [2.24, 2.45) is 0 Å². The predicted octanol–water partition coefficient (Wildman–Crippen LogP) is 3.26. The fourth-order valence-electron chi connectivity index (χ4n) is 2.97. The molecular weight excluding hydrogens is 354 g/mol. The second kappa shape index (κ2) is 7.87. The van der Waals surface area contributed by atoms with E-state index in [1.807, 2.05) is 34.9 Å². The van der Waals surface area contributed by atoms with Crippen LogP contribution >= 0.6 is 0 Å². The van der Waals surface area contributed by atoms with Gasteiger partial charge in [0.2, 0.25) is 5.95 Å². The van der Waals surface area contributed by atoms with Crippen LogP contribution in [0.25, 0.3) is 16.9 Å². The average molecular weight is 373 g/mol. The van der Waals surface area contributed by atoms with Crippen LogP contribution in [0.3, 0.4) is 0 Å². The van der Waals surface area contributed by atoms with E-state index in [2.05, 4.69) is 32.4 Å². The molecule has 2 heterocycles. The third-order valence-electron chi connectivity index (χ3n) is 4.40. The van der Waals surface area contributed by atoms with Gasteiger partial charge in [0.25, 0.3) is 0 Å². The Labute approximate surface area is 162 Å². The van der Waals surface area contributed by atoms with Crippen LogP contribution in [0.4, 0.5) is 5.95 Å². The number of aromatic nitrogens is 4. The van der Waals surface area contributed by atoms with Crippen LogP contribution in [0.2, 0.25) is 0 Å². The SMILES string of the molecule is COC(=O)c1ccc2c(c1)ncn2-c1ccnc(NCCc2ccccc2)n1. The molecule has 0 amide bonds. The van der Waals surface area contributed by atoms with Crippen molar-refractivity contribution in [3.63, 3.8) is 0 Å². The number of imidazole rings is 1. The van der Waals surface area contributed by atoms with Crippen LogP contribution in [0.1, 0.15) is 15.9 Å². The van der Waals surface area contributed by atoms with Crippen LogP contribution in [0.5, 0.6) is 0 Å². The van der Waals surface area contributed by atoms with Gasteiger partial charge in [0.05, 0.1) is 23.7 Å². The fraction of sp³-hybridized carbons (Fsp3) is 0.143. The molecular formula is C21H19N5O2. The average Bonchev–Trinajstić information content (AvgIpc) is 3.17. The number of hydrogen-bond donors (Lipinski definition) is 1. The van der Waals surface area contributed by atoms with Crippen molar-refractivity contribution < 1.29 is 9.53 Å². The minimum absolute atomic E-state index is 0.386. The zero-order chi connectivity index (χ0) is 19.3. The number of nitrogens with zero attached hydrogens (tertiary/aromatic N) is 4. The molecule has 7 nitrogen and oxygen atoms in total. The molecule has 1 N–H and O–H groups in total. The van der Waals surface area contributed by atoms with Gasteiger partial charge in [-0.3, -0.25) is 4.57 Å². The first-order valence-corrected chi connectivity index (χ1v) is 8.91. The number of benzene rings is 2. The Morgan fingerprint density at radius 3 is 2.79 bits per heavy atom. The summed E-state index contributed by atoms with van der Waals surface area (Å²) in [6, 6.07) is 17.3. The number of carbonyl (C=O) groups is 1. The Balaban J connectivity index is 1.53. The molecule has 0 fully saturated rings. The molecule has 2 aromatic heterocycles. The Morgan fingerprint density at radius 2 is 1.96 bits per heavy atom. The van der Waals surface area contributed by atoms with E-state index in [1.54, 1.807) is 24.7 Å². The van der Waals surface area contributed by atoms with Crippen molar-refractivity contribution in [1.29, 1.82) is 0 Å². The van der Waals surface area contributed by atoms with Gasteiger partial charge in [0.15, 0.2) is 0 Å². The second-order valence-electron chi connectivity index (χ2n) is 6.21. The number of carbonyl (C=O) groups excluding carboxylic acids is 1. The van der Waals surface area contributed by atoms with Crippen LogP contribution in [0, 0.1) is 0 Å². The van der Waals surface area contributed by atoms with Gasteiger partial charge in [-0.1, -0.05) is 30.3 Å². The number of anilines is 1. The van der Waals surface area contributed by atoms with Gasteiger partial charge in [0.1, 0.15) is 12.1 Å². The fourth-order valence-corrected chi connectivity index (χ4v) is 2.97. The van der Waals surface area contributed by atoms with Gasteiger partial charge in [-0.05, 0) is 36.2 Å². The first-order chi connectivity index (χ1) is 13.7. The van der Waals surface area contributed by atoms with E-state index in [1.165, 1.54) is 12.7 Å². The molecule has 0 aliphatic carbocycles. The molecule has 0 spiro atoms. The van der Waals surface area contributed by atoms with E-state index < -0.39 is 0 Å². The summed E-state index contributed by atoms with van der Waals surface area (Å²) in [4.78, 5) is 24.9. The highest BCUT2D eigenvalue weighted by molar-refractivity contribution is 5.93. The molecule has 0 saturated heterocycles. The van der Waals surface area contributed by atoms with Crippen molar-refractivity contribution in [1.82, 2.24) is 19.5 Å². The summed E-state index contributed by atoms with van der Waals surface area (Å²) < 4.78 is 6.62. The summed E-state index contributed by atoms with van der Waals surface area (Å²) >= 11 is 0. The highest BCUT2D eigenvalue weighted by Crippen LogP contribution is 2.19. The molecule has 0 bridgehead atoms. The minimum atomic E-state index is -0.386. The molecule has 0 aliphatic heterocycles. The lowest BCUT2D eigenvalue weighted by molar-refractivity contribution is 0.0601. The van der Waals surface area contributed by atoms with E-state index in [4.69, 9.17) is 4.74 Å². The molecule has 140 valence electrons. The van der Waals surface area contributed by atoms with Gasteiger partial charge in [-0.15, -0.1) is 0 Å². The number of rotatable bonds is 6. The van der Waals surface area contributed by atoms with E-state index >= 15 is 0 Å². The number of esters is 1.